The molecule has 3 aromatic rings. The predicted molar refractivity (Wildman–Crippen MR) is 103 cm³/mol. The molecule has 1 aromatic carbocycles. The second-order valence-corrected chi connectivity index (χ2v) is 7.03. The van der Waals surface area contributed by atoms with Gasteiger partial charge in [-0.1, -0.05) is 50.1 Å². The van der Waals surface area contributed by atoms with Gasteiger partial charge in [0.25, 0.3) is 5.56 Å². The summed E-state index contributed by atoms with van der Waals surface area (Å²) in [6.07, 6.45) is 5.62. The first-order chi connectivity index (χ1) is 12.8. The molecule has 26 heavy (non-hydrogen) atoms. The highest BCUT2D eigenvalue weighted by Gasteiger charge is 2.22. The quantitative estimate of drug-likeness (QED) is 0.708. The molecular formula is C20H25N5O. The predicted octanol–water partition coefficient (Wildman–Crippen LogP) is 3.80. The summed E-state index contributed by atoms with van der Waals surface area (Å²) in [6.45, 7) is 3.33. The van der Waals surface area contributed by atoms with E-state index in [0.717, 1.165) is 30.7 Å². The number of anilines is 1. The Balaban J connectivity index is 1.70. The highest BCUT2D eigenvalue weighted by Crippen LogP contribution is 2.32. The number of nitrogens with one attached hydrogen (secondary N) is 2. The second kappa shape index (κ2) is 7.32. The summed E-state index contributed by atoms with van der Waals surface area (Å²) in [4.78, 5) is 25.6. The summed E-state index contributed by atoms with van der Waals surface area (Å²) >= 11 is 0. The van der Waals surface area contributed by atoms with Crippen molar-refractivity contribution in [3.8, 4) is 0 Å². The number of hydrogen-bond acceptors (Lipinski definition) is 4. The van der Waals surface area contributed by atoms with Gasteiger partial charge in [-0.3, -0.25) is 9.36 Å². The smallest absolute Gasteiger partial charge is 0.280 e. The molecular weight excluding hydrogens is 326 g/mol. The van der Waals surface area contributed by atoms with E-state index < -0.39 is 0 Å². The lowest BCUT2D eigenvalue weighted by atomic mass is 10.1. The minimum Gasteiger partial charge on any atom is -0.351 e. The van der Waals surface area contributed by atoms with Crippen LogP contribution in [0.2, 0.25) is 0 Å². The highest BCUT2D eigenvalue weighted by molar-refractivity contribution is 5.71. The Labute approximate surface area is 152 Å². The maximum absolute atomic E-state index is 13.0. The van der Waals surface area contributed by atoms with E-state index >= 15 is 0 Å². The molecule has 0 spiro atoms. The molecule has 0 aliphatic heterocycles. The van der Waals surface area contributed by atoms with E-state index in [1.807, 2.05) is 18.2 Å². The maximum Gasteiger partial charge on any atom is 0.280 e. The van der Waals surface area contributed by atoms with Gasteiger partial charge in [0, 0.05) is 19.0 Å². The molecule has 0 saturated heterocycles. The van der Waals surface area contributed by atoms with Gasteiger partial charge < -0.3 is 10.3 Å². The standard InChI is InChI=1S/C20H25N5O/c1-2-12-25-19(26)16-18(23-17(22-16)15-10-6-7-11-15)24-20(25)21-13-14-8-4-3-5-9-14/h3-5,8-9,15H,2,6-7,10-13H2,1H3,(H,21,24)(H,22,23). The van der Waals surface area contributed by atoms with Gasteiger partial charge in [-0.05, 0) is 24.8 Å². The van der Waals surface area contributed by atoms with E-state index in [4.69, 9.17) is 0 Å². The van der Waals surface area contributed by atoms with Crippen molar-refractivity contribution >= 4 is 17.1 Å². The Morgan fingerprint density at radius 2 is 1.96 bits per heavy atom. The molecule has 1 saturated carbocycles. The molecule has 2 aromatic heterocycles. The molecule has 1 fully saturated rings. The van der Waals surface area contributed by atoms with Crippen molar-refractivity contribution in [3.05, 3.63) is 52.1 Å². The molecule has 6 heteroatoms. The van der Waals surface area contributed by atoms with Gasteiger partial charge in [0.15, 0.2) is 11.2 Å². The summed E-state index contributed by atoms with van der Waals surface area (Å²) < 4.78 is 1.72. The molecule has 0 amide bonds. The van der Waals surface area contributed by atoms with Crippen molar-refractivity contribution < 1.29 is 0 Å². The number of nitrogens with zero attached hydrogens (tertiary/aromatic N) is 3. The van der Waals surface area contributed by atoms with Crippen molar-refractivity contribution in [2.24, 2.45) is 0 Å². The van der Waals surface area contributed by atoms with Crippen LogP contribution >= 0.6 is 0 Å². The van der Waals surface area contributed by atoms with Gasteiger partial charge in [-0.2, -0.15) is 4.98 Å². The van der Waals surface area contributed by atoms with E-state index in [9.17, 15) is 4.79 Å². The van der Waals surface area contributed by atoms with Crippen LogP contribution in [0.3, 0.4) is 0 Å². The maximum atomic E-state index is 13.0. The Hall–Kier alpha value is -2.63. The lowest BCUT2D eigenvalue weighted by Gasteiger charge is -2.12. The van der Waals surface area contributed by atoms with Gasteiger partial charge >= 0.3 is 0 Å². The zero-order valence-corrected chi connectivity index (χ0v) is 15.2. The van der Waals surface area contributed by atoms with Crippen LogP contribution in [-0.4, -0.2) is 19.5 Å². The number of imidazole rings is 1. The number of hydrogen-bond donors (Lipinski definition) is 2. The van der Waals surface area contributed by atoms with Crippen LogP contribution < -0.4 is 10.9 Å². The first-order valence-corrected chi connectivity index (χ1v) is 9.54. The minimum atomic E-state index is -0.0378. The number of fused-ring (bicyclic) bond motifs is 1. The van der Waals surface area contributed by atoms with E-state index in [2.05, 4.69) is 39.3 Å². The van der Waals surface area contributed by atoms with Gasteiger partial charge in [-0.15, -0.1) is 0 Å². The molecule has 4 rings (SSSR count). The van der Waals surface area contributed by atoms with Crippen LogP contribution in [0.25, 0.3) is 11.2 Å². The first-order valence-electron chi connectivity index (χ1n) is 9.54. The molecule has 2 N–H and O–H groups in total. The summed E-state index contributed by atoms with van der Waals surface area (Å²) in [6, 6.07) is 10.1. The number of rotatable bonds is 6. The average Bonchev–Trinajstić information content (AvgIpc) is 3.33. The number of aromatic nitrogens is 4. The normalized spacial score (nSPS) is 15.0. The fraction of sp³-hybridized carbons (Fsp3) is 0.450. The highest BCUT2D eigenvalue weighted by atomic mass is 16.1. The number of benzene rings is 1. The fourth-order valence-electron chi connectivity index (χ4n) is 3.74. The van der Waals surface area contributed by atoms with Crippen molar-refractivity contribution in [2.75, 3.05) is 5.32 Å². The molecule has 1 aliphatic rings. The third kappa shape index (κ3) is 3.23. The summed E-state index contributed by atoms with van der Waals surface area (Å²) in [5.41, 5.74) is 2.17. The van der Waals surface area contributed by atoms with E-state index in [-0.39, 0.29) is 5.56 Å². The molecule has 136 valence electrons. The molecule has 0 unspecified atom stereocenters. The first kappa shape index (κ1) is 16.8. The van der Waals surface area contributed by atoms with Crippen molar-refractivity contribution in [1.82, 2.24) is 19.5 Å². The van der Waals surface area contributed by atoms with Crippen molar-refractivity contribution in [3.63, 3.8) is 0 Å². The van der Waals surface area contributed by atoms with Crippen LogP contribution in [0.5, 0.6) is 0 Å². The van der Waals surface area contributed by atoms with Gasteiger partial charge in [0.2, 0.25) is 5.95 Å². The monoisotopic (exact) mass is 351 g/mol. The zero-order chi connectivity index (χ0) is 17.9. The summed E-state index contributed by atoms with van der Waals surface area (Å²) in [5, 5.41) is 3.32. The second-order valence-electron chi connectivity index (χ2n) is 7.03. The average molecular weight is 351 g/mol. The largest absolute Gasteiger partial charge is 0.351 e. The third-order valence-electron chi connectivity index (χ3n) is 5.11. The van der Waals surface area contributed by atoms with Gasteiger partial charge in [0.05, 0.1) is 0 Å². The minimum absolute atomic E-state index is 0.0378. The SMILES string of the molecule is CCCn1c(NCc2ccccc2)nc2nc(C3CCCC3)[nH]c2c1=O. The van der Waals surface area contributed by atoms with Crippen LogP contribution in [0.1, 0.15) is 56.3 Å². The Morgan fingerprint density at radius 1 is 1.19 bits per heavy atom. The Morgan fingerprint density at radius 3 is 2.69 bits per heavy atom. The molecule has 0 atom stereocenters. The van der Waals surface area contributed by atoms with Crippen LogP contribution in [0.4, 0.5) is 5.95 Å². The van der Waals surface area contributed by atoms with Gasteiger partial charge in [0.1, 0.15) is 5.82 Å². The van der Waals surface area contributed by atoms with Crippen LogP contribution in [0.15, 0.2) is 35.1 Å². The number of aromatic amines is 1. The molecule has 6 nitrogen and oxygen atoms in total. The topological polar surface area (TPSA) is 75.6 Å². The number of H-pyrrole nitrogens is 1. The Kier molecular flexibility index (Phi) is 4.73. The summed E-state index contributed by atoms with van der Waals surface area (Å²) in [7, 11) is 0. The fourth-order valence-corrected chi connectivity index (χ4v) is 3.74. The van der Waals surface area contributed by atoms with Crippen LogP contribution in [0, 0.1) is 0 Å². The van der Waals surface area contributed by atoms with Crippen LogP contribution in [-0.2, 0) is 13.1 Å². The lowest BCUT2D eigenvalue weighted by molar-refractivity contribution is 0.651. The van der Waals surface area contributed by atoms with E-state index in [1.54, 1.807) is 4.57 Å². The third-order valence-corrected chi connectivity index (χ3v) is 5.11. The van der Waals surface area contributed by atoms with Crippen molar-refractivity contribution in [2.45, 2.75) is 58.0 Å². The summed E-state index contributed by atoms with van der Waals surface area (Å²) in [5.74, 6) is 1.95. The molecule has 0 bridgehead atoms. The molecule has 0 radical (unpaired) electrons. The van der Waals surface area contributed by atoms with Crippen molar-refractivity contribution in [1.29, 1.82) is 0 Å². The zero-order valence-electron chi connectivity index (χ0n) is 15.2. The molecule has 1 aliphatic carbocycles. The van der Waals surface area contributed by atoms with E-state index in [0.29, 0.717) is 36.1 Å². The molecule has 2 heterocycles. The lowest BCUT2D eigenvalue weighted by Crippen LogP contribution is -2.25. The van der Waals surface area contributed by atoms with E-state index in [1.165, 1.54) is 12.8 Å². The van der Waals surface area contributed by atoms with Gasteiger partial charge in [-0.25, -0.2) is 4.98 Å². The Bertz CT molecular complexity index is 938.